The molecule has 1 aliphatic rings. The zero-order valence-corrected chi connectivity index (χ0v) is 10.2. The van der Waals surface area contributed by atoms with Crippen LogP contribution in [0.25, 0.3) is 0 Å². The number of nitrogens with zero attached hydrogens (tertiary/aromatic N) is 1. The fourth-order valence-corrected chi connectivity index (χ4v) is 2.11. The van der Waals surface area contributed by atoms with Crippen LogP contribution in [0.5, 0.6) is 0 Å². The maximum absolute atomic E-state index is 12.2. The second kappa shape index (κ2) is 4.47. The molecule has 2 unspecified atom stereocenters. The van der Waals surface area contributed by atoms with Crippen LogP contribution in [-0.4, -0.2) is 41.0 Å². The third kappa shape index (κ3) is 2.23. The van der Waals surface area contributed by atoms with Crippen LogP contribution in [0, 0.1) is 0 Å². The first-order chi connectivity index (χ1) is 7.58. The van der Waals surface area contributed by atoms with Crippen LogP contribution in [-0.2, 0) is 0 Å². The molecule has 2 atom stereocenters. The molecule has 0 bridgehead atoms. The van der Waals surface area contributed by atoms with Gasteiger partial charge in [-0.15, -0.1) is 0 Å². The monoisotopic (exact) mass is 241 g/mol. The van der Waals surface area contributed by atoms with Crippen LogP contribution in [0.2, 0.25) is 5.02 Å². The molecule has 1 fully saturated rings. The van der Waals surface area contributed by atoms with E-state index in [9.17, 15) is 4.79 Å². The number of hydrogen-bond donors (Lipinski definition) is 2. The zero-order chi connectivity index (χ0) is 11.7. The van der Waals surface area contributed by atoms with Gasteiger partial charge in [0.1, 0.15) is 5.69 Å². The van der Waals surface area contributed by atoms with Gasteiger partial charge < -0.3 is 15.2 Å². The molecule has 5 heteroatoms. The Kier molecular flexibility index (Phi) is 3.21. The predicted molar refractivity (Wildman–Crippen MR) is 63.8 cm³/mol. The van der Waals surface area contributed by atoms with Crippen molar-refractivity contribution in [2.75, 3.05) is 13.1 Å². The topological polar surface area (TPSA) is 48.1 Å². The molecule has 0 aromatic carbocycles. The van der Waals surface area contributed by atoms with Crippen LogP contribution in [0.4, 0.5) is 0 Å². The van der Waals surface area contributed by atoms with Crippen molar-refractivity contribution in [2.45, 2.75) is 25.9 Å². The van der Waals surface area contributed by atoms with Crippen LogP contribution in [0.15, 0.2) is 12.3 Å². The van der Waals surface area contributed by atoms with Gasteiger partial charge in [-0.1, -0.05) is 11.6 Å². The third-order valence-electron chi connectivity index (χ3n) is 2.90. The Labute approximate surface area is 100.0 Å². The lowest BCUT2D eigenvalue weighted by Gasteiger charge is -2.37. The molecule has 2 N–H and O–H groups in total. The van der Waals surface area contributed by atoms with Crippen LogP contribution in [0.3, 0.4) is 0 Å². The second-order valence-corrected chi connectivity index (χ2v) is 4.78. The molecule has 0 radical (unpaired) electrons. The van der Waals surface area contributed by atoms with E-state index in [2.05, 4.69) is 17.2 Å². The highest BCUT2D eigenvalue weighted by molar-refractivity contribution is 6.30. The molecule has 1 aliphatic heterocycles. The quantitative estimate of drug-likeness (QED) is 0.783. The first kappa shape index (κ1) is 11.5. The molecule has 1 amide bonds. The Morgan fingerprint density at radius 2 is 2.31 bits per heavy atom. The fraction of sp³-hybridized carbons (Fsp3) is 0.545. The molecule has 2 heterocycles. The molecular formula is C11H16ClN3O. The lowest BCUT2D eigenvalue weighted by molar-refractivity contribution is 0.0611. The zero-order valence-electron chi connectivity index (χ0n) is 9.46. The minimum Gasteiger partial charge on any atom is -0.356 e. The number of carbonyl (C=O) groups is 1. The molecule has 1 aromatic rings. The Balaban J connectivity index is 2.14. The maximum Gasteiger partial charge on any atom is 0.270 e. The Hall–Kier alpha value is -1.00. The number of aromatic nitrogens is 1. The smallest absolute Gasteiger partial charge is 0.270 e. The van der Waals surface area contributed by atoms with E-state index < -0.39 is 0 Å². The summed E-state index contributed by atoms with van der Waals surface area (Å²) < 4.78 is 0. The molecule has 1 saturated heterocycles. The van der Waals surface area contributed by atoms with Crippen LogP contribution in [0.1, 0.15) is 24.3 Å². The number of piperazine rings is 1. The SMILES string of the molecule is CC1CN(C(=O)c2cc(Cl)c[nH]2)C(C)CN1. The summed E-state index contributed by atoms with van der Waals surface area (Å²) in [6.45, 7) is 5.69. The average molecular weight is 242 g/mol. The summed E-state index contributed by atoms with van der Waals surface area (Å²) in [4.78, 5) is 16.9. The molecule has 4 nitrogen and oxygen atoms in total. The summed E-state index contributed by atoms with van der Waals surface area (Å²) in [5.41, 5.74) is 0.561. The van der Waals surface area contributed by atoms with E-state index in [1.807, 2.05) is 11.8 Å². The number of aromatic amines is 1. The van der Waals surface area contributed by atoms with Crippen molar-refractivity contribution in [2.24, 2.45) is 0 Å². The highest BCUT2D eigenvalue weighted by Crippen LogP contribution is 2.15. The van der Waals surface area contributed by atoms with Gasteiger partial charge in [0.15, 0.2) is 0 Å². The molecule has 16 heavy (non-hydrogen) atoms. The predicted octanol–water partition coefficient (Wildman–Crippen LogP) is 1.49. The fourth-order valence-electron chi connectivity index (χ4n) is 1.95. The van der Waals surface area contributed by atoms with E-state index >= 15 is 0 Å². The number of nitrogens with one attached hydrogen (secondary N) is 2. The molecule has 88 valence electrons. The van der Waals surface area contributed by atoms with Crippen molar-refractivity contribution in [3.8, 4) is 0 Å². The molecule has 0 saturated carbocycles. The Morgan fingerprint density at radius 1 is 1.56 bits per heavy atom. The van der Waals surface area contributed by atoms with Crippen molar-refractivity contribution in [3.63, 3.8) is 0 Å². The van der Waals surface area contributed by atoms with E-state index in [-0.39, 0.29) is 11.9 Å². The summed E-state index contributed by atoms with van der Waals surface area (Å²) in [5.74, 6) is 0.0211. The van der Waals surface area contributed by atoms with Crippen LogP contribution < -0.4 is 5.32 Å². The van der Waals surface area contributed by atoms with Crippen molar-refractivity contribution >= 4 is 17.5 Å². The van der Waals surface area contributed by atoms with E-state index in [0.717, 1.165) is 13.1 Å². The summed E-state index contributed by atoms with van der Waals surface area (Å²) in [5, 5.41) is 3.91. The number of H-pyrrole nitrogens is 1. The van der Waals surface area contributed by atoms with E-state index in [4.69, 9.17) is 11.6 Å². The summed E-state index contributed by atoms with van der Waals surface area (Å²) >= 11 is 5.79. The van der Waals surface area contributed by atoms with E-state index in [1.165, 1.54) is 0 Å². The van der Waals surface area contributed by atoms with Gasteiger partial charge in [0.05, 0.1) is 5.02 Å². The summed E-state index contributed by atoms with van der Waals surface area (Å²) in [6, 6.07) is 2.22. The largest absolute Gasteiger partial charge is 0.356 e. The van der Waals surface area contributed by atoms with Gasteiger partial charge in [0.25, 0.3) is 5.91 Å². The maximum atomic E-state index is 12.2. The third-order valence-corrected chi connectivity index (χ3v) is 3.12. The molecule has 0 spiro atoms. The lowest BCUT2D eigenvalue weighted by Crippen LogP contribution is -2.56. The van der Waals surface area contributed by atoms with Gasteiger partial charge >= 0.3 is 0 Å². The number of rotatable bonds is 1. The van der Waals surface area contributed by atoms with E-state index in [0.29, 0.717) is 16.8 Å². The summed E-state index contributed by atoms with van der Waals surface area (Å²) in [6.07, 6.45) is 1.63. The molecule has 2 rings (SSSR count). The van der Waals surface area contributed by atoms with E-state index in [1.54, 1.807) is 12.3 Å². The van der Waals surface area contributed by atoms with Gasteiger partial charge in [-0.2, -0.15) is 0 Å². The number of carbonyl (C=O) groups excluding carboxylic acids is 1. The van der Waals surface area contributed by atoms with Crippen molar-refractivity contribution in [1.29, 1.82) is 0 Å². The minimum absolute atomic E-state index is 0.0211. The van der Waals surface area contributed by atoms with Gasteiger partial charge in [-0.05, 0) is 19.9 Å². The van der Waals surface area contributed by atoms with Gasteiger partial charge in [-0.25, -0.2) is 0 Å². The molecule has 0 aliphatic carbocycles. The minimum atomic E-state index is 0.0211. The van der Waals surface area contributed by atoms with Gasteiger partial charge in [-0.3, -0.25) is 4.79 Å². The standard InChI is InChI=1S/C11H16ClN3O/c1-7-6-15(8(2)4-13-7)11(16)10-3-9(12)5-14-10/h3,5,7-8,13-14H,4,6H2,1-2H3. The van der Waals surface area contributed by atoms with Crippen molar-refractivity contribution in [1.82, 2.24) is 15.2 Å². The summed E-state index contributed by atoms with van der Waals surface area (Å²) in [7, 11) is 0. The Morgan fingerprint density at radius 3 is 2.94 bits per heavy atom. The molecular weight excluding hydrogens is 226 g/mol. The number of amides is 1. The average Bonchev–Trinajstić information content (AvgIpc) is 2.67. The van der Waals surface area contributed by atoms with Crippen molar-refractivity contribution < 1.29 is 4.79 Å². The van der Waals surface area contributed by atoms with Gasteiger partial charge in [0.2, 0.25) is 0 Å². The first-order valence-corrected chi connectivity index (χ1v) is 5.84. The Bertz CT molecular complexity index is 390. The first-order valence-electron chi connectivity index (χ1n) is 5.46. The normalized spacial score (nSPS) is 25.8. The molecule has 1 aromatic heterocycles. The highest BCUT2D eigenvalue weighted by atomic mass is 35.5. The lowest BCUT2D eigenvalue weighted by atomic mass is 10.1. The number of hydrogen-bond acceptors (Lipinski definition) is 2. The highest BCUT2D eigenvalue weighted by Gasteiger charge is 2.27. The van der Waals surface area contributed by atoms with Gasteiger partial charge in [0, 0.05) is 31.4 Å². The van der Waals surface area contributed by atoms with Crippen molar-refractivity contribution in [3.05, 3.63) is 23.0 Å². The van der Waals surface area contributed by atoms with Crippen LogP contribution >= 0.6 is 11.6 Å². The second-order valence-electron chi connectivity index (χ2n) is 4.35. The number of halogens is 1.